The molecule has 5 rings (SSSR count). The maximum atomic E-state index is 14.0. The molecule has 2 aromatic carbocycles. The van der Waals surface area contributed by atoms with Crippen LogP contribution in [0.4, 0.5) is 5.69 Å². The number of piperidine rings is 1. The van der Waals surface area contributed by atoms with Crippen LogP contribution in [0.1, 0.15) is 44.7 Å². The van der Waals surface area contributed by atoms with Crippen molar-refractivity contribution in [3.63, 3.8) is 0 Å². The maximum absolute atomic E-state index is 14.0. The van der Waals surface area contributed by atoms with Gasteiger partial charge in [-0.15, -0.1) is 0 Å². The van der Waals surface area contributed by atoms with Gasteiger partial charge in [-0.1, -0.05) is 36.4 Å². The largest absolute Gasteiger partial charge is 0.465 e. The van der Waals surface area contributed by atoms with Gasteiger partial charge in [0, 0.05) is 48.6 Å². The van der Waals surface area contributed by atoms with E-state index < -0.39 is 44.6 Å². The van der Waals surface area contributed by atoms with Crippen molar-refractivity contribution < 1.29 is 27.5 Å². The van der Waals surface area contributed by atoms with E-state index in [1.807, 2.05) is 42.6 Å². The molecule has 0 saturated carbocycles. The number of ether oxygens (including phenoxy) is 1. The van der Waals surface area contributed by atoms with Crippen molar-refractivity contribution in [1.29, 1.82) is 0 Å². The molecule has 3 heterocycles. The standard InChI is InChI=1S/C31H39N5O6S/c1-4-42-27(37)19-43(40,41)36-20-31(23-10-6-8-12-26(23)36)13-15-35(16-14-31)28(38)25(34-29(39)30(2,3)32)17-21-18-33-24-11-7-5-9-22(21)24/h5-12,18,25,33H,4,13-17,19-20,32H2,1-3H3,(H,34,39)/t25-/m1/s1. The predicted octanol–water partition coefficient (Wildman–Crippen LogP) is 2.21. The number of nitrogens with zero attached hydrogens (tertiary/aromatic N) is 2. The number of likely N-dealkylation sites (tertiary alicyclic amines) is 1. The Balaban J connectivity index is 1.36. The summed E-state index contributed by atoms with van der Waals surface area (Å²) >= 11 is 0. The monoisotopic (exact) mass is 609 g/mol. The normalized spacial score (nSPS) is 17.1. The number of amides is 2. The first-order chi connectivity index (χ1) is 20.3. The van der Waals surface area contributed by atoms with Gasteiger partial charge in [0.1, 0.15) is 6.04 Å². The van der Waals surface area contributed by atoms with Crippen molar-refractivity contribution in [2.75, 3.05) is 36.3 Å². The first kappa shape index (κ1) is 30.6. The van der Waals surface area contributed by atoms with E-state index in [9.17, 15) is 22.8 Å². The molecule has 2 aliphatic heterocycles. The van der Waals surface area contributed by atoms with Crippen LogP contribution in [0.25, 0.3) is 10.9 Å². The number of rotatable bonds is 9. The number of sulfonamides is 1. The van der Waals surface area contributed by atoms with E-state index in [4.69, 9.17) is 10.5 Å². The molecule has 11 nitrogen and oxygen atoms in total. The SMILES string of the molecule is CCOC(=O)CS(=O)(=O)N1CC2(CCN(C(=O)[C@@H](Cc3c[nH]c4ccccc34)NC(=O)C(C)(C)N)CC2)c2ccccc21. The molecule has 0 bridgehead atoms. The van der Waals surface area contributed by atoms with Crippen LogP contribution >= 0.6 is 0 Å². The van der Waals surface area contributed by atoms with Crippen molar-refractivity contribution in [2.45, 2.75) is 57.0 Å². The molecule has 1 spiro atoms. The number of aromatic nitrogens is 1. The Bertz CT molecular complexity index is 1640. The molecule has 2 aliphatic rings. The molecule has 0 radical (unpaired) electrons. The first-order valence-electron chi connectivity index (χ1n) is 14.5. The summed E-state index contributed by atoms with van der Waals surface area (Å²) in [6.07, 6.45) is 3.19. The van der Waals surface area contributed by atoms with Crippen LogP contribution in [0, 0.1) is 0 Å². The number of para-hydroxylation sites is 2. The van der Waals surface area contributed by atoms with Crippen LogP contribution in [-0.4, -0.2) is 79.7 Å². The van der Waals surface area contributed by atoms with E-state index >= 15 is 0 Å². The van der Waals surface area contributed by atoms with E-state index in [1.165, 1.54) is 4.31 Å². The van der Waals surface area contributed by atoms with Crippen LogP contribution in [0.3, 0.4) is 0 Å². The van der Waals surface area contributed by atoms with Gasteiger partial charge in [-0.2, -0.15) is 0 Å². The molecular weight excluding hydrogens is 570 g/mol. The third-order valence-corrected chi connectivity index (χ3v) is 10.0. The van der Waals surface area contributed by atoms with Gasteiger partial charge in [-0.05, 0) is 56.9 Å². The van der Waals surface area contributed by atoms with Crippen molar-refractivity contribution in [1.82, 2.24) is 15.2 Å². The lowest BCUT2D eigenvalue weighted by Gasteiger charge is -2.41. The van der Waals surface area contributed by atoms with E-state index in [2.05, 4.69) is 10.3 Å². The zero-order valence-corrected chi connectivity index (χ0v) is 25.6. The molecule has 0 aliphatic carbocycles. The second-order valence-corrected chi connectivity index (χ2v) is 13.9. The Hall–Kier alpha value is -3.90. The third-order valence-electron chi connectivity index (χ3n) is 8.45. The third kappa shape index (κ3) is 6.12. The minimum absolute atomic E-state index is 0.100. The quantitative estimate of drug-likeness (QED) is 0.314. The van der Waals surface area contributed by atoms with Gasteiger partial charge in [0.05, 0.1) is 17.8 Å². The van der Waals surface area contributed by atoms with Gasteiger partial charge in [0.25, 0.3) is 0 Å². The highest BCUT2D eigenvalue weighted by Gasteiger charge is 2.49. The van der Waals surface area contributed by atoms with E-state index in [1.54, 1.807) is 37.8 Å². The van der Waals surface area contributed by atoms with Gasteiger partial charge in [-0.3, -0.25) is 18.7 Å². The van der Waals surface area contributed by atoms with Gasteiger partial charge in [-0.25, -0.2) is 8.42 Å². The van der Waals surface area contributed by atoms with Crippen molar-refractivity contribution in [3.05, 3.63) is 65.9 Å². The molecule has 230 valence electrons. The average Bonchev–Trinajstić information content (AvgIpc) is 3.52. The molecule has 1 saturated heterocycles. The van der Waals surface area contributed by atoms with Gasteiger partial charge in [0.2, 0.25) is 21.8 Å². The summed E-state index contributed by atoms with van der Waals surface area (Å²) < 4.78 is 32.8. The predicted molar refractivity (Wildman–Crippen MR) is 164 cm³/mol. The Morgan fingerprint density at radius 2 is 1.77 bits per heavy atom. The summed E-state index contributed by atoms with van der Waals surface area (Å²) in [5.74, 6) is -2.16. The van der Waals surface area contributed by atoms with Gasteiger partial charge >= 0.3 is 5.97 Å². The number of nitrogens with two attached hydrogens (primary N) is 1. The molecule has 1 atom stereocenters. The Labute approximate surface area is 251 Å². The van der Waals surface area contributed by atoms with Crippen molar-refractivity contribution >= 4 is 44.4 Å². The van der Waals surface area contributed by atoms with Crippen LogP contribution in [-0.2, 0) is 41.0 Å². The van der Waals surface area contributed by atoms with E-state index in [0.717, 1.165) is 22.0 Å². The van der Waals surface area contributed by atoms with E-state index in [0.29, 0.717) is 31.6 Å². The van der Waals surface area contributed by atoms with Crippen molar-refractivity contribution in [3.8, 4) is 0 Å². The van der Waals surface area contributed by atoms with Crippen LogP contribution in [0.5, 0.6) is 0 Å². The molecule has 2 amide bonds. The van der Waals surface area contributed by atoms with Crippen LogP contribution in [0.2, 0.25) is 0 Å². The molecule has 4 N–H and O–H groups in total. The van der Waals surface area contributed by atoms with Crippen LogP contribution < -0.4 is 15.4 Å². The highest BCUT2D eigenvalue weighted by Crippen LogP contribution is 2.48. The number of hydrogen-bond donors (Lipinski definition) is 3. The second kappa shape index (κ2) is 11.6. The molecule has 1 fully saturated rings. The zero-order chi connectivity index (χ0) is 31.0. The summed E-state index contributed by atoms with van der Waals surface area (Å²) in [5.41, 5.74) is 7.68. The molecular formula is C31H39N5O6S. The summed E-state index contributed by atoms with van der Waals surface area (Å²) in [7, 11) is -3.97. The second-order valence-electron chi connectivity index (χ2n) is 12.0. The van der Waals surface area contributed by atoms with E-state index in [-0.39, 0.29) is 25.5 Å². The lowest BCUT2D eigenvalue weighted by Crippen LogP contribution is -2.58. The molecule has 43 heavy (non-hydrogen) atoms. The number of anilines is 1. The summed E-state index contributed by atoms with van der Waals surface area (Å²) in [5, 5.41) is 3.87. The minimum Gasteiger partial charge on any atom is -0.465 e. The average molecular weight is 610 g/mol. The smallest absolute Gasteiger partial charge is 0.323 e. The Morgan fingerprint density at radius 1 is 1.09 bits per heavy atom. The molecule has 1 aromatic heterocycles. The zero-order valence-electron chi connectivity index (χ0n) is 24.8. The fourth-order valence-corrected chi connectivity index (χ4v) is 7.57. The minimum atomic E-state index is -3.97. The number of fused-ring (bicyclic) bond motifs is 3. The number of nitrogens with one attached hydrogen (secondary N) is 2. The fraction of sp³-hybridized carbons (Fsp3) is 0.452. The highest BCUT2D eigenvalue weighted by atomic mass is 32.2. The summed E-state index contributed by atoms with van der Waals surface area (Å²) in [6, 6.07) is 14.3. The number of H-pyrrole nitrogens is 1. The summed E-state index contributed by atoms with van der Waals surface area (Å²) in [6.45, 7) is 5.87. The van der Waals surface area contributed by atoms with Gasteiger partial charge < -0.3 is 25.7 Å². The molecule has 3 aromatic rings. The van der Waals surface area contributed by atoms with Crippen molar-refractivity contribution in [2.24, 2.45) is 5.73 Å². The first-order valence-corrected chi connectivity index (χ1v) is 16.1. The highest BCUT2D eigenvalue weighted by molar-refractivity contribution is 7.93. The fourth-order valence-electron chi connectivity index (χ4n) is 6.13. The Kier molecular flexibility index (Phi) is 8.28. The lowest BCUT2D eigenvalue weighted by atomic mass is 9.74. The lowest BCUT2D eigenvalue weighted by molar-refractivity contribution is -0.140. The molecule has 12 heteroatoms. The summed E-state index contributed by atoms with van der Waals surface area (Å²) in [4.78, 5) is 44.0. The van der Waals surface area contributed by atoms with Gasteiger partial charge in [0.15, 0.2) is 5.75 Å². The number of aromatic amines is 1. The molecule has 0 unspecified atom stereocenters. The number of esters is 1. The maximum Gasteiger partial charge on any atom is 0.323 e. The number of benzene rings is 2. The number of hydrogen-bond acceptors (Lipinski definition) is 7. The topological polar surface area (TPSA) is 155 Å². The van der Waals surface area contributed by atoms with Crippen LogP contribution in [0.15, 0.2) is 54.7 Å². The Morgan fingerprint density at radius 3 is 2.47 bits per heavy atom. The number of carbonyl (C=O) groups excluding carboxylic acids is 3. The number of carbonyl (C=O) groups is 3.